The molecule has 0 fully saturated rings. The van der Waals surface area contributed by atoms with Crippen LogP contribution in [0, 0.1) is 0 Å². The van der Waals surface area contributed by atoms with Crippen molar-refractivity contribution in [2.75, 3.05) is 5.75 Å². The molecular formula is C12H13B3F6O5S. The first kappa shape index (κ1) is 23.4. The van der Waals surface area contributed by atoms with Crippen LogP contribution in [0.3, 0.4) is 0 Å². The third-order valence-electron chi connectivity index (χ3n) is 3.76. The van der Waals surface area contributed by atoms with E-state index in [9.17, 15) is 39.6 Å². The summed E-state index contributed by atoms with van der Waals surface area (Å²) in [6.45, 7) is 0. The number of esters is 1. The molecular weight excluding hydrogens is 403 g/mol. The van der Waals surface area contributed by atoms with Gasteiger partial charge in [0.1, 0.15) is 29.3 Å². The number of hydrogen-bond acceptors (Lipinski definition) is 4. The highest BCUT2D eigenvalue weighted by molar-refractivity contribution is 7.85. The lowest BCUT2D eigenvalue weighted by molar-refractivity contribution is -0.356. The summed E-state index contributed by atoms with van der Waals surface area (Å²) in [7, 11) is -1.34. The molecule has 0 amide bonds. The Morgan fingerprint density at radius 1 is 1.07 bits per heavy atom. The van der Waals surface area contributed by atoms with Crippen molar-refractivity contribution in [3.05, 3.63) is 23.3 Å². The zero-order valence-corrected chi connectivity index (χ0v) is 15.1. The van der Waals surface area contributed by atoms with Gasteiger partial charge in [0, 0.05) is 0 Å². The van der Waals surface area contributed by atoms with Gasteiger partial charge in [0.05, 0.1) is 5.56 Å². The van der Waals surface area contributed by atoms with Crippen molar-refractivity contribution < 1.29 is 48.8 Å². The SMILES string of the molecule is BCc1c(B)cc(B)cc1C(=O)OC(CS(=O)(=O)O)(C(F)(F)F)C(F)(F)F. The van der Waals surface area contributed by atoms with E-state index in [0.717, 1.165) is 6.07 Å². The Morgan fingerprint density at radius 3 is 1.93 bits per heavy atom. The van der Waals surface area contributed by atoms with Gasteiger partial charge in [0.25, 0.3) is 10.1 Å². The summed E-state index contributed by atoms with van der Waals surface area (Å²) in [6, 6.07) is 2.60. The summed E-state index contributed by atoms with van der Waals surface area (Å²) < 4.78 is 114. The number of halogens is 6. The second kappa shape index (κ2) is 7.42. The molecule has 0 bridgehead atoms. The quantitative estimate of drug-likeness (QED) is 0.267. The molecule has 0 radical (unpaired) electrons. The predicted octanol–water partition coefficient (Wildman–Crippen LogP) is -1.76. The van der Waals surface area contributed by atoms with Crippen molar-refractivity contribution in [3.63, 3.8) is 0 Å². The topological polar surface area (TPSA) is 80.7 Å². The van der Waals surface area contributed by atoms with Crippen LogP contribution in [0.1, 0.15) is 15.9 Å². The van der Waals surface area contributed by atoms with Gasteiger partial charge in [0.2, 0.25) is 0 Å². The van der Waals surface area contributed by atoms with E-state index in [4.69, 9.17) is 4.55 Å². The van der Waals surface area contributed by atoms with Crippen LogP contribution < -0.4 is 10.9 Å². The molecule has 1 aromatic rings. The van der Waals surface area contributed by atoms with Crippen LogP contribution in [0.5, 0.6) is 0 Å². The lowest BCUT2D eigenvalue weighted by Crippen LogP contribution is -2.63. The monoisotopic (exact) mass is 416 g/mol. The van der Waals surface area contributed by atoms with Crippen molar-refractivity contribution in [2.45, 2.75) is 24.3 Å². The molecule has 15 heteroatoms. The highest BCUT2D eigenvalue weighted by Crippen LogP contribution is 2.47. The molecule has 0 aliphatic rings. The number of ether oxygens (including phenoxy) is 1. The van der Waals surface area contributed by atoms with Gasteiger partial charge >= 0.3 is 23.9 Å². The van der Waals surface area contributed by atoms with E-state index in [1.807, 2.05) is 0 Å². The van der Waals surface area contributed by atoms with Gasteiger partial charge in [-0.25, -0.2) is 4.79 Å². The maximum absolute atomic E-state index is 13.2. The van der Waals surface area contributed by atoms with Gasteiger partial charge in [0.15, 0.2) is 0 Å². The summed E-state index contributed by atoms with van der Waals surface area (Å²) in [5, 5.41) is 0. The average molecular weight is 416 g/mol. The second-order valence-corrected chi connectivity index (χ2v) is 7.35. The van der Waals surface area contributed by atoms with Gasteiger partial charge in [-0.15, -0.1) is 0 Å². The number of alkyl halides is 6. The molecule has 1 N–H and O–H groups in total. The third kappa shape index (κ3) is 5.01. The largest absolute Gasteiger partial charge is 0.438 e. The fourth-order valence-corrected chi connectivity index (χ4v) is 3.49. The molecule has 1 aromatic carbocycles. The molecule has 0 unspecified atom stereocenters. The normalized spacial score (nSPS) is 13.4. The van der Waals surface area contributed by atoms with Gasteiger partial charge in [-0.3, -0.25) is 4.55 Å². The average Bonchev–Trinajstić information content (AvgIpc) is 2.41. The second-order valence-electron chi connectivity index (χ2n) is 5.90. The Kier molecular flexibility index (Phi) is 6.43. The minimum Gasteiger partial charge on any atom is -0.435 e. The molecule has 0 heterocycles. The molecule has 0 aliphatic carbocycles. The lowest BCUT2D eigenvalue weighted by atomic mass is 9.77. The van der Waals surface area contributed by atoms with Crippen LogP contribution in [-0.2, 0) is 21.2 Å². The van der Waals surface area contributed by atoms with Crippen LogP contribution in [0.15, 0.2) is 12.1 Å². The first-order valence-corrected chi connectivity index (χ1v) is 8.98. The molecule has 0 saturated heterocycles. The Hall–Kier alpha value is -1.63. The van der Waals surface area contributed by atoms with Crippen molar-refractivity contribution in [2.24, 2.45) is 0 Å². The van der Waals surface area contributed by atoms with Gasteiger partial charge in [-0.2, -0.15) is 34.8 Å². The highest BCUT2D eigenvalue weighted by Gasteiger charge is 2.76. The fourth-order valence-electron chi connectivity index (χ4n) is 2.59. The Balaban J connectivity index is 3.63. The van der Waals surface area contributed by atoms with E-state index in [1.165, 1.54) is 23.5 Å². The Bertz CT molecular complexity index is 823. The van der Waals surface area contributed by atoms with E-state index in [2.05, 4.69) is 4.74 Å². The maximum atomic E-state index is 13.2. The zero-order valence-electron chi connectivity index (χ0n) is 14.3. The Labute approximate surface area is 153 Å². The Morgan fingerprint density at radius 2 is 1.56 bits per heavy atom. The molecule has 1 rings (SSSR count). The highest BCUT2D eigenvalue weighted by atomic mass is 32.2. The van der Waals surface area contributed by atoms with E-state index in [1.54, 1.807) is 6.07 Å². The summed E-state index contributed by atoms with van der Waals surface area (Å²) in [6.07, 6.45) is -12.6. The van der Waals surface area contributed by atoms with Crippen LogP contribution in [-0.4, -0.2) is 66.2 Å². The molecule has 148 valence electrons. The maximum Gasteiger partial charge on any atom is 0.438 e. The van der Waals surface area contributed by atoms with Gasteiger partial charge in [-0.1, -0.05) is 29.4 Å². The van der Waals surface area contributed by atoms with Crippen molar-refractivity contribution in [3.8, 4) is 0 Å². The summed E-state index contributed by atoms with van der Waals surface area (Å²) >= 11 is 0. The van der Waals surface area contributed by atoms with Crippen molar-refractivity contribution >= 4 is 50.6 Å². The third-order valence-corrected chi connectivity index (χ3v) is 4.53. The molecule has 0 atom stereocenters. The van der Waals surface area contributed by atoms with E-state index in [0.29, 0.717) is 10.9 Å². The van der Waals surface area contributed by atoms with Gasteiger partial charge in [-0.05, 0) is 5.56 Å². The number of carbonyl (C=O) groups excluding carboxylic acids is 1. The molecule has 0 aromatic heterocycles. The first-order valence-electron chi connectivity index (χ1n) is 7.37. The molecule has 0 aliphatic heterocycles. The van der Waals surface area contributed by atoms with Gasteiger partial charge < -0.3 is 4.74 Å². The molecule has 5 nitrogen and oxygen atoms in total. The standard InChI is InChI=1S/C12H13B3F6O5S/c13-3-7-6(1-5(14)2-8(7)15)9(22)26-10(11(16,17)18,12(19,20)21)4-27(23,24)25/h1-2H,3-4,13-15H2,(H,23,24,25). The molecule has 0 saturated carbocycles. The smallest absolute Gasteiger partial charge is 0.435 e. The van der Waals surface area contributed by atoms with Crippen LogP contribution in [0.4, 0.5) is 26.3 Å². The van der Waals surface area contributed by atoms with E-state index in [-0.39, 0.29) is 11.9 Å². The number of carbonyl (C=O) groups is 1. The lowest BCUT2D eigenvalue weighted by Gasteiger charge is -2.35. The van der Waals surface area contributed by atoms with Crippen molar-refractivity contribution in [1.82, 2.24) is 0 Å². The number of rotatable bonds is 5. The molecule has 0 spiro atoms. The summed E-state index contributed by atoms with van der Waals surface area (Å²) in [4.78, 5) is 12.2. The van der Waals surface area contributed by atoms with Crippen molar-refractivity contribution in [1.29, 1.82) is 0 Å². The fraction of sp³-hybridized carbons (Fsp3) is 0.417. The first-order chi connectivity index (χ1) is 11.9. The summed E-state index contributed by atoms with van der Waals surface area (Å²) in [5.74, 6) is -4.91. The van der Waals surface area contributed by atoms with E-state index >= 15 is 0 Å². The number of hydrogen-bond donors (Lipinski definition) is 1. The molecule has 27 heavy (non-hydrogen) atoms. The summed E-state index contributed by atoms with van der Waals surface area (Å²) in [5.41, 5.74) is -5.02. The van der Waals surface area contributed by atoms with Crippen LogP contribution >= 0.6 is 0 Å². The predicted molar refractivity (Wildman–Crippen MR) is 91.7 cm³/mol. The number of benzene rings is 1. The minimum absolute atomic E-state index is 0.0971. The minimum atomic E-state index is -6.36. The van der Waals surface area contributed by atoms with E-state index < -0.39 is 45.4 Å². The zero-order chi connectivity index (χ0) is 21.4. The van der Waals surface area contributed by atoms with Crippen LogP contribution in [0.25, 0.3) is 0 Å². The van der Waals surface area contributed by atoms with Crippen LogP contribution in [0.2, 0.25) is 0 Å².